The van der Waals surface area contributed by atoms with E-state index in [0.29, 0.717) is 24.5 Å². The van der Waals surface area contributed by atoms with E-state index < -0.39 is 21.6 Å². The van der Waals surface area contributed by atoms with Crippen molar-refractivity contribution in [1.82, 2.24) is 0 Å². The van der Waals surface area contributed by atoms with Crippen molar-refractivity contribution >= 4 is 56.3 Å². The first-order valence-electron chi connectivity index (χ1n) is 15.0. The minimum atomic E-state index is -1.28. The Morgan fingerprint density at radius 2 is 1.25 bits per heavy atom. The largest absolute Gasteiger partial charge is 1.00 e. The molecule has 246 valence electrons. The maximum atomic E-state index is 11.7. The van der Waals surface area contributed by atoms with Crippen LogP contribution in [0.4, 0.5) is 0 Å². The van der Waals surface area contributed by atoms with E-state index in [2.05, 4.69) is 52.8 Å². The zero-order valence-corrected chi connectivity index (χ0v) is 33.5. The molecule has 0 aromatic carbocycles. The van der Waals surface area contributed by atoms with Gasteiger partial charge in [0.2, 0.25) is 0 Å². The van der Waals surface area contributed by atoms with Crippen LogP contribution in [0.2, 0.25) is 49.4 Å². The molecule has 0 bridgehead atoms. The number of rotatable bonds is 11. The molecule has 0 spiro atoms. The standard InChI is InChI=1S/C14H25NO2Si.C10H19NSi.C4H7BrO2.2CO2.Na.H/c1-4-14(11-15,10-13(16)17-5-2)12-18(3)8-6-7-9-18;1-3-10(8-11)9-12(2)6-4-5-7-12;1-2-7-4(6)3-5;2*2-1-3;;/h4-10,12H2,1-3H3;10H,3-7,9H2,1-2H3;2-3H2,1H3;;;;/q;;;;;+1;-1. The first kappa shape index (κ1) is 49.5. The van der Waals surface area contributed by atoms with E-state index in [1.807, 2.05) is 13.8 Å². The van der Waals surface area contributed by atoms with E-state index in [9.17, 15) is 14.9 Å². The number of hydrogen-bond acceptors (Lipinski definition) is 10. The van der Waals surface area contributed by atoms with Crippen molar-refractivity contribution in [2.24, 2.45) is 11.3 Å². The number of hydrogen-bond donors (Lipinski definition) is 0. The van der Waals surface area contributed by atoms with Gasteiger partial charge in [0, 0.05) is 5.92 Å². The van der Waals surface area contributed by atoms with Crippen LogP contribution in [0.25, 0.3) is 0 Å². The van der Waals surface area contributed by atoms with Gasteiger partial charge in [-0.05, 0) is 38.8 Å². The van der Waals surface area contributed by atoms with Crippen LogP contribution in [-0.2, 0) is 38.2 Å². The molecule has 2 rings (SSSR count). The predicted molar refractivity (Wildman–Crippen MR) is 171 cm³/mol. The normalized spacial score (nSPS) is 16.7. The van der Waals surface area contributed by atoms with Gasteiger partial charge in [0.15, 0.2) is 0 Å². The molecule has 0 radical (unpaired) electrons. The van der Waals surface area contributed by atoms with E-state index >= 15 is 0 Å². The number of alkyl halides is 1. The van der Waals surface area contributed by atoms with Gasteiger partial charge in [0.1, 0.15) is 5.33 Å². The Labute approximate surface area is 298 Å². The predicted octanol–water partition coefficient (Wildman–Crippen LogP) is 4.03. The van der Waals surface area contributed by atoms with Crippen LogP contribution in [0.15, 0.2) is 0 Å². The molecule has 0 aromatic rings. The topological polar surface area (TPSA) is 168 Å². The molecule has 14 heteroatoms. The fraction of sp³-hybridized carbons (Fsp3) is 0.800. The minimum Gasteiger partial charge on any atom is -1.00 e. The Bertz CT molecular complexity index is 931. The van der Waals surface area contributed by atoms with Gasteiger partial charge in [-0.2, -0.15) is 29.7 Å². The van der Waals surface area contributed by atoms with Crippen molar-refractivity contribution in [2.75, 3.05) is 18.5 Å². The summed E-state index contributed by atoms with van der Waals surface area (Å²) >= 11 is 2.94. The summed E-state index contributed by atoms with van der Waals surface area (Å²) in [5.74, 6) is -0.0567. The molecule has 2 aliphatic rings. The summed E-state index contributed by atoms with van der Waals surface area (Å²) in [5.41, 5.74) is -0.475. The Morgan fingerprint density at radius 1 is 0.841 bits per heavy atom. The second kappa shape index (κ2) is 30.3. The SMILES string of the molecule is CCC(C#N)C[Si]1(C)CCCC1.CCOC(=O)CBr.CCOC(=O)CC(C#N)(CC)C[Si]1(C)CCCC1.O=C=O.O=C=O.[H-].[Na+]. The Balaban J connectivity index is -0.000000171. The van der Waals surface area contributed by atoms with Crippen molar-refractivity contribution < 1.29 is 69.2 Å². The summed E-state index contributed by atoms with van der Waals surface area (Å²) in [4.78, 5) is 54.3. The summed E-state index contributed by atoms with van der Waals surface area (Å²) in [6.45, 7) is 13.5. The number of halogens is 1. The molecule has 10 nitrogen and oxygen atoms in total. The number of esters is 2. The van der Waals surface area contributed by atoms with Crippen LogP contribution in [-0.4, -0.2) is 58.9 Å². The van der Waals surface area contributed by atoms with E-state index in [0.717, 1.165) is 18.9 Å². The molecule has 2 aliphatic heterocycles. The second-order valence-corrected chi connectivity index (χ2v) is 22.0. The van der Waals surface area contributed by atoms with Crippen molar-refractivity contribution in [3.8, 4) is 12.1 Å². The van der Waals surface area contributed by atoms with Crippen LogP contribution >= 0.6 is 15.9 Å². The zero-order valence-electron chi connectivity index (χ0n) is 28.9. The minimum absolute atomic E-state index is 0. The smallest absolute Gasteiger partial charge is 1.00 e. The zero-order chi connectivity index (χ0) is 33.8. The maximum Gasteiger partial charge on any atom is 1.00 e. The van der Waals surface area contributed by atoms with Gasteiger partial charge < -0.3 is 10.9 Å². The van der Waals surface area contributed by atoms with Gasteiger partial charge in [0.25, 0.3) is 0 Å². The quantitative estimate of drug-likeness (QED) is 0.172. The van der Waals surface area contributed by atoms with Crippen molar-refractivity contribution in [3.63, 3.8) is 0 Å². The van der Waals surface area contributed by atoms with Crippen LogP contribution in [0.3, 0.4) is 0 Å². The first-order chi connectivity index (χ1) is 20.3. The van der Waals surface area contributed by atoms with Gasteiger partial charge >= 0.3 is 53.8 Å². The third kappa shape index (κ3) is 24.9. The Kier molecular flexibility index (Phi) is 34.0. The van der Waals surface area contributed by atoms with E-state index in [4.69, 9.17) is 29.2 Å². The third-order valence-electron chi connectivity index (χ3n) is 7.92. The number of carbonyl (C=O) groups excluding carboxylic acids is 6. The molecule has 2 unspecified atom stereocenters. The first-order valence-corrected chi connectivity index (χ1v) is 22.4. The fourth-order valence-corrected chi connectivity index (χ4v) is 15.2. The average molecular weight is 728 g/mol. The summed E-state index contributed by atoms with van der Waals surface area (Å²) < 4.78 is 9.53. The summed E-state index contributed by atoms with van der Waals surface area (Å²) in [5, 5.41) is 18.7. The molecular weight excluding hydrogens is 675 g/mol. The molecule has 0 N–H and O–H groups in total. The van der Waals surface area contributed by atoms with E-state index in [1.165, 1.54) is 55.9 Å². The Morgan fingerprint density at radius 3 is 1.55 bits per heavy atom. The second-order valence-electron chi connectivity index (χ2n) is 11.5. The van der Waals surface area contributed by atoms with Crippen molar-refractivity contribution in [1.29, 1.82) is 10.5 Å². The maximum absolute atomic E-state index is 11.7. The molecule has 44 heavy (non-hydrogen) atoms. The van der Waals surface area contributed by atoms with Gasteiger partial charge in [-0.25, -0.2) is 0 Å². The van der Waals surface area contributed by atoms with Gasteiger partial charge in [0.05, 0.1) is 53.3 Å². The number of nitrogens with zero attached hydrogens (tertiary/aromatic N) is 2. The number of ether oxygens (including phenoxy) is 2. The van der Waals surface area contributed by atoms with Crippen molar-refractivity contribution in [3.05, 3.63) is 0 Å². The monoisotopic (exact) mass is 726 g/mol. The van der Waals surface area contributed by atoms with Gasteiger partial charge in [-0.15, -0.1) is 0 Å². The summed E-state index contributed by atoms with van der Waals surface area (Å²) in [7, 11) is -2.20. The number of nitriles is 2. The van der Waals surface area contributed by atoms with Crippen LogP contribution < -0.4 is 29.6 Å². The van der Waals surface area contributed by atoms with Gasteiger partial charge in [-0.1, -0.05) is 92.7 Å². The van der Waals surface area contributed by atoms with Crippen LogP contribution in [0.5, 0.6) is 0 Å². The molecule has 0 aliphatic carbocycles. The van der Waals surface area contributed by atoms with Crippen LogP contribution in [0.1, 0.15) is 74.1 Å². The molecule has 2 heterocycles. The molecule has 2 fully saturated rings. The molecular formula is C30H52BrN2NaO8Si2. The Hall–Kier alpha value is -1.41. The van der Waals surface area contributed by atoms with E-state index in [-0.39, 0.29) is 61.6 Å². The fourth-order valence-electron chi connectivity index (χ4n) is 5.69. The van der Waals surface area contributed by atoms with Crippen LogP contribution in [0, 0.1) is 34.0 Å². The molecule has 0 amide bonds. The summed E-state index contributed by atoms with van der Waals surface area (Å²) in [6.07, 6.45) is 8.08. The number of carbonyl (C=O) groups is 2. The summed E-state index contributed by atoms with van der Waals surface area (Å²) in [6, 6.07) is 12.7. The van der Waals surface area contributed by atoms with Gasteiger partial charge in [-0.3, -0.25) is 9.59 Å². The molecule has 0 saturated carbocycles. The molecule has 0 aromatic heterocycles. The third-order valence-corrected chi connectivity index (χ3v) is 17.6. The van der Waals surface area contributed by atoms with Crippen molar-refractivity contribution in [2.45, 2.75) is 122 Å². The van der Waals surface area contributed by atoms with E-state index in [1.54, 1.807) is 6.92 Å². The average Bonchev–Trinajstić information content (AvgIpc) is 3.61. The molecule has 2 saturated heterocycles. The molecule has 2 atom stereocenters.